The number of sulfonamides is 1. The van der Waals surface area contributed by atoms with E-state index in [-0.39, 0.29) is 4.90 Å². The number of hydrogen-bond donors (Lipinski definition) is 0. The Labute approximate surface area is 168 Å². The van der Waals surface area contributed by atoms with Crippen molar-refractivity contribution < 1.29 is 12.8 Å². The van der Waals surface area contributed by atoms with Gasteiger partial charge in [0.25, 0.3) is 0 Å². The van der Waals surface area contributed by atoms with Gasteiger partial charge < -0.3 is 4.90 Å². The first kappa shape index (κ1) is 19.0. The Kier molecular flexibility index (Phi) is 5.18. The molecule has 0 amide bonds. The molecule has 1 saturated heterocycles. The lowest BCUT2D eigenvalue weighted by Gasteiger charge is -2.34. The van der Waals surface area contributed by atoms with Gasteiger partial charge in [0, 0.05) is 37.1 Å². The van der Waals surface area contributed by atoms with E-state index in [9.17, 15) is 12.8 Å². The van der Waals surface area contributed by atoms with Crippen LogP contribution in [0.2, 0.25) is 0 Å². The molecule has 0 N–H and O–H groups in total. The van der Waals surface area contributed by atoms with Crippen molar-refractivity contribution in [3.8, 4) is 11.3 Å². The van der Waals surface area contributed by atoms with Crippen LogP contribution >= 0.6 is 11.3 Å². The minimum Gasteiger partial charge on any atom is -0.345 e. The maximum atomic E-state index is 13.6. The molecule has 2 heterocycles. The molecule has 0 atom stereocenters. The molecule has 1 aliphatic heterocycles. The number of nitrogens with zero attached hydrogens (tertiary/aromatic N) is 3. The monoisotopic (exact) mass is 417 g/mol. The Hall–Kier alpha value is -2.29. The fourth-order valence-corrected chi connectivity index (χ4v) is 5.81. The average molecular weight is 418 g/mol. The van der Waals surface area contributed by atoms with E-state index in [0.717, 1.165) is 22.5 Å². The third-order valence-electron chi connectivity index (χ3n) is 4.84. The minimum absolute atomic E-state index is 0.0431. The van der Waals surface area contributed by atoms with E-state index < -0.39 is 15.8 Å². The summed E-state index contributed by atoms with van der Waals surface area (Å²) in [7, 11) is -3.71. The fourth-order valence-electron chi connectivity index (χ4n) is 3.26. The second-order valence-corrected chi connectivity index (χ2v) is 9.43. The fraction of sp³-hybridized carbons (Fsp3) is 0.250. The van der Waals surface area contributed by atoms with Crippen LogP contribution in [-0.4, -0.2) is 43.9 Å². The Morgan fingerprint density at radius 1 is 1.04 bits per heavy atom. The van der Waals surface area contributed by atoms with Crippen LogP contribution in [0, 0.1) is 12.7 Å². The van der Waals surface area contributed by atoms with E-state index in [4.69, 9.17) is 4.98 Å². The average Bonchev–Trinajstić information content (AvgIpc) is 3.21. The van der Waals surface area contributed by atoms with Gasteiger partial charge in [-0.05, 0) is 24.6 Å². The highest BCUT2D eigenvalue weighted by atomic mass is 32.2. The van der Waals surface area contributed by atoms with Crippen molar-refractivity contribution in [3.05, 3.63) is 65.3 Å². The molecule has 0 bridgehead atoms. The lowest BCUT2D eigenvalue weighted by molar-refractivity contribution is 0.384. The summed E-state index contributed by atoms with van der Waals surface area (Å²) in [6.45, 7) is 3.48. The number of hydrogen-bond acceptors (Lipinski definition) is 5. The molecule has 3 aromatic rings. The molecule has 2 aromatic carbocycles. The first-order valence-electron chi connectivity index (χ1n) is 8.97. The van der Waals surface area contributed by atoms with Gasteiger partial charge in [-0.15, -0.1) is 11.3 Å². The molecule has 0 spiro atoms. The Balaban J connectivity index is 1.48. The maximum Gasteiger partial charge on any atom is 0.243 e. The number of aryl methyl sites for hydroxylation is 1. The molecular formula is C20H20FN3O2S2. The first-order valence-corrected chi connectivity index (χ1v) is 11.3. The molecule has 4 rings (SSSR count). The summed E-state index contributed by atoms with van der Waals surface area (Å²) >= 11 is 1.56. The number of anilines is 1. The third kappa shape index (κ3) is 3.67. The summed E-state index contributed by atoms with van der Waals surface area (Å²) in [6, 6.07) is 13.8. The van der Waals surface area contributed by atoms with E-state index in [1.807, 2.05) is 35.7 Å². The highest BCUT2D eigenvalue weighted by molar-refractivity contribution is 7.89. The number of halogens is 1. The van der Waals surface area contributed by atoms with Crippen LogP contribution in [0.25, 0.3) is 11.3 Å². The van der Waals surface area contributed by atoms with Gasteiger partial charge in [-0.3, -0.25) is 0 Å². The van der Waals surface area contributed by atoms with Crippen LogP contribution in [-0.2, 0) is 10.0 Å². The topological polar surface area (TPSA) is 53.5 Å². The van der Waals surface area contributed by atoms with Crippen molar-refractivity contribution in [1.29, 1.82) is 0 Å². The number of thiazole rings is 1. The number of piperazine rings is 1. The largest absolute Gasteiger partial charge is 0.345 e. The van der Waals surface area contributed by atoms with Gasteiger partial charge in [0.15, 0.2) is 5.13 Å². The molecule has 0 radical (unpaired) electrons. The SMILES string of the molecule is Cc1ccc(F)cc1S(=O)(=O)N1CCN(c2nc(-c3ccccc3)cs2)CC1. The summed E-state index contributed by atoms with van der Waals surface area (Å²) in [6.07, 6.45) is 0. The summed E-state index contributed by atoms with van der Waals surface area (Å²) in [5.41, 5.74) is 2.54. The zero-order chi connectivity index (χ0) is 19.7. The van der Waals surface area contributed by atoms with Gasteiger partial charge in [-0.1, -0.05) is 36.4 Å². The second-order valence-electron chi connectivity index (χ2n) is 6.68. The van der Waals surface area contributed by atoms with E-state index in [1.54, 1.807) is 18.3 Å². The maximum absolute atomic E-state index is 13.6. The summed E-state index contributed by atoms with van der Waals surface area (Å²) in [5, 5.41) is 2.90. The van der Waals surface area contributed by atoms with Crippen molar-refractivity contribution in [1.82, 2.24) is 9.29 Å². The van der Waals surface area contributed by atoms with Gasteiger partial charge >= 0.3 is 0 Å². The number of aromatic nitrogens is 1. The Bertz CT molecular complexity index is 1080. The van der Waals surface area contributed by atoms with E-state index in [1.165, 1.54) is 16.4 Å². The predicted molar refractivity (Wildman–Crippen MR) is 110 cm³/mol. The molecular weight excluding hydrogens is 397 g/mol. The van der Waals surface area contributed by atoms with Gasteiger partial charge in [0.05, 0.1) is 10.6 Å². The van der Waals surface area contributed by atoms with Crippen molar-refractivity contribution in [2.45, 2.75) is 11.8 Å². The van der Waals surface area contributed by atoms with E-state index in [2.05, 4.69) is 4.90 Å². The minimum atomic E-state index is -3.71. The predicted octanol–water partition coefficient (Wildman–Crippen LogP) is 3.77. The standard InChI is InChI=1S/C20H20FN3O2S2/c1-15-7-8-17(21)13-19(15)28(25,26)24-11-9-23(10-12-24)20-22-18(14-27-20)16-5-3-2-4-6-16/h2-8,13-14H,9-12H2,1H3. The summed E-state index contributed by atoms with van der Waals surface area (Å²) < 4.78 is 40.8. The van der Waals surface area contributed by atoms with E-state index in [0.29, 0.717) is 31.7 Å². The van der Waals surface area contributed by atoms with Crippen LogP contribution in [0.4, 0.5) is 9.52 Å². The number of rotatable bonds is 4. The molecule has 146 valence electrons. The molecule has 28 heavy (non-hydrogen) atoms. The molecule has 0 aliphatic carbocycles. The normalized spacial score (nSPS) is 15.7. The molecule has 1 aromatic heterocycles. The van der Waals surface area contributed by atoms with Gasteiger partial charge in [-0.25, -0.2) is 17.8 Å². The van der Waals surface area contributed by atoms with Crippen LogP contribution in [0.1, 0.15) is 5.56 Å². The van der Waals surface area contributed by atoms with Crippen molar-refractivity contribution >= 4 is 26.5 Å². The quantitative estimate of drug-likeness (QED) is 0.649. The molecule has 8 heteroatoms. The second kappa shape index (κ2) is 7.62. The first-order chi connectivity index (χ1) is 13.4. The lowest BCUT2D eigenvalue weighted by atomic mass is 10.2. The molecule has 0 unspecified atom stereocenters. The van der Waals surface area contributed by atoms with Crippen molar-refractivity contribution in [3.63, 3.8) is 0 Å². The number of benzene rings is 2. The van der Waals surface area contributed by atoms with Gasteiger partial charge in [-0.2, -0.15) is 4.31 Å². The zero-order valence-corrected chi connectivity index (χ0v) is 17.0. The molecule has 0 saturated carbocycles. The molecule has 1 aliphatic rings. The Morgan fingerprint density at radius 3 is 2.46 bits per heavy atom. The highest BCUT2D eigenvalue weighted by Gasteiger charge is 2.30. The van der Waals surface area contributed by atoms with Crippen LogP contribution < -0.4 is 4.90 Å². The van der Waals surface area contributed by atoms with Gasteiger partial charge in [0.1, 0.15) is 5.82 Å². The Morgan fingerprint density at radius 2 is 1.75 bits per heavy atom. The molecule has 1 fully saturated rings. The van der Waals surface area contributed by atoms with Crippen LogP contribution in [0.5, 0.6) is 0 Å². The summed E-state index contributed by atoms with van der Waals surface area (Å²) in [5.74, 6) is -0.543. The van der Waals surface area contributed by atoms with Crippen molar-refractivity contribution in [2.24, 2.45) is 0 Å². The summed E-state index contributed by atoms with van der Waals surface area (Å²) in [4.78, 5) is 6.84. The molecule has 5 nitrogen and oxygen atoms in total. The zero-order valence-electron chi connectivity index (χ0n) is 15.4. The third-order valence-corrected chi connectivity index (χ3v) is 7.78. The van der Waals surface area contributed by atoms with Crippen LogP contribution in [0.3, 0.4) is 0 Å². The highest BCUT2D eigenvalue weighted by Crippen LogP contribution is 2.29. The lowest BCUT2D eigenvalue weighted by Crippen LogP contribution is -2.48. The smallest absolute Gasteiger partial charge is 0.243 e. The van der Waals surface area contributed by atoms with Crippen molar-refractivity contribution in [2.75, 3.05) is 31.1 Å². The van der Waals surface area contributed by atoms with E-state index >= 15 is 0 Å². The van der Waals surface area contributed by atoms with Gasteiger partial charge in [0.2, 0.25) is 10.0 Å². The van der Waals surface area contributed by atoms with Crippen LogP contribution in [0.15, 0.2) is 58.8 Å².